The molecule has 1 saturated heterocycles. The SMILES string of the molecule is CC1CCN(C(=O)c2ccc(CSc3ncn[nH]3)cc2)CC1. The number of benzene rings is 1. The topological polar surface area (TPSA) is 61.9 Å². The van der Waals surface area contributed by atoms with Gasteiger partial charge in [-0.25, -0.2) is 4.98 Å². The van der Waals surface area contributed by atoms with E-state index in [9.17, 15) is 4.79 Å². The van der Waals surface area contributed by atoms with Gasteiger partial charge >= 0.3 is 0 Å². The molecule has 6 heteroatoms. The Bertz CT molecular complexity index is 604. The van der Waals surface area contributed by atoms with Crippen LogP contribution in [0.1, 0.15) is 35.7 Å². The van der Waals surface area contributed by atoms with Crippen LogP contribution < -0.4 is 0 Å². The number of piperidine rings is 1. The van der Waals surface area contributed by atoms with E-state index in [4.69, 9.17) is 0 Å². The van der Waals surface area contributed by atoms with E-state index in [1.165, 1.54) is 11.9 Å². The zero-order chi connectivity index (χ0) is 15.4. The maximum atomic E-state index is 12.5. The fraction of sp³-hybridized carbons (Fsp3) is 0.438. The lowest BCUT2D eigenvalue weighted by Gasteiger charge is -2.30. The van der Waals surface area contributed by atoms with E-state index in [0.29, 0.717) is 0 Å². The summed E-state index contributed by atoms with van der Waals surface area (Å²) < 4.78 is 0. The molecule has 0 radical (unpaired) electrons. The van der Waals surface area contributed by atoms with E-state index in [1.807, 2.05) is 29.2 Å². The minimum absolute atomic E-state index is 0.154. The highest BCUT2D eigenvalue weighted by Gasteiger charge is 2.21. The van der Waals surface area contributed by atoms with Crippen LogP contribution in [0.25, 0.3) is 0 Å². The first kappa shape index (κ1) is 15.1. The van der Waals surface area contributed by atoms with Gasteiger partial charge in [-0.05, 0) is 36.5 Å². The molecule has 1 aromatic carbocycles. The number of hydrogen-bond acceptors (Lipinski definition) is 4. The molecule has 0 unspecified atom stereocenters. The van der Waals surface area contributed by atoms with Crippen molar-refractivity contribution in [2.75, 3.05) is 13.1 Å². The van der Waals surface area contributed by atoms with Gasteiger partial charge in [-0.1, -0.05) is 30.8 Å². The van der Waals surface area contributed by atoms with Crippen molar-refractivity contribution in [3.05, 3.63) is 41.7 Å². The van der Waals surface area contributed by atoms with Crippen LogP contribution in [0.4, 0.5) is 0 Å². The van der Waals surface area contributed by atoms with Crippen LogP contribution in [0.5, 0.6) is 0 Å². The molecule has 1 aromatic heterocycles. The van der Waals surface area contributed by atoms with Gasteiger partial charge < -0.3 is 4.90 Å². The molecule has 116 valence electrons. The maximum Gasteiger partial charge on any atom is 0.253 e. The number of nitrogens with one attached hydrogen (secondary N) is 1. The second-order valence-corrected chi connectivity index (χ2v) is 6.71. The number of aromatic amines is 1. The zero-order valence-corrected chi connectivity index (χ0v) is 13.5. The molecular weight excluding hydrogens is 296 g/mol. The summed E-state index contributed by atoms with van der Waals surface area (Å²) in [5.41, 5.74) is 1.95. The average molecular weight is 316 g/mol. The van der Waals surface area contributed by atoms with Crippen molar-refractivity contribution in [2.45, 2.75) is 30.7 Å². The summed E-state index contributed by atoms with van der Waals surface area (Å²) in [6.07, 6.45) is 3.72. The van der Waals surface area contributed by atoms with Gasteiger partial charge in [-0.3, -0.25) is 9.89 Å². The molecule has 1 fully saturated rings. The highest BCUT2D eigenvalue weighted by molar-refractivity contribution is 7.98. The Morgan fingerprint density at radius 3 is 2.68 bits per heavy atom. The molecule has 1 amide bonds. The molecule has 0 aliphatic carbocycles. The van der Waals surface area contributed by atoms with Crippen LogP contribution in [0.3, 0.4) is 0 Å². The van der Waals surface area contributed by atoms with Gasteiger partial charge in [-0.15, -0.1) is 0 Å². The first-order chi connectivity index (χ1) is 10.7. The summed E-state index contributed by atoms with van der Waals surface area (Å²) in [4.78, 5) is 18.5. The first-order valence-corrected chi connectivity index (χ1v) is 8.57. The van der Waals surface area contributed by atoms with Crippen molar-refractivity contribution in [3.8, 4) is 0 Å². The van der Waals surface area contributed by atoms with Crippen molar-refractivity contribution < 1.29 is 4.79 Å². The third-order valence-electron chi connectivity index (χ3n) is 4.04. The van der Waals surface area contributed by atoms with Crippen LogP contribution in [0.2, 0.25) is 0 Å². The molecule has 2 aromatic rings. The fourth-order valence-electron chi connectivity index (χ4n) is 2.55. The third-order valence-corrected chi connectivity index (χ3v) is 4.99. The summed E-state index contributed by atoms with van der Waals surface area (Å²) in [7, 11) is 0. The van der Waals surface area contributed by atoms with Gasteiger partial charge in [0, 0.05) is 24.4 Å². The van der Waals surface area contributed by atoms with E-state index < -0.39 is 0 Å². The van der Waals surface area contributed by atoms with Gasteiger partial charge in [0.2, 0.25) is 0 Å². The Morgan fingerprint density at radius 1 is 1.32 bits per heavy atom. The van der Waals surface area contributed by atoms with Crippen molar-refractivity contribution >= 4 is 17.7 Å². The van der Waals surface area contributed by atoms with Gasteiger partial charge in [0.25, 0.3) is 5.91 Å². The van der Waals surface area contributed by atoms with Crippen LogP contribution in [-0.4, -0.2) is 39.1 Å². The maximum absolute atomic E-state index is 12.5. The quantitative estimate of drug-likeness (QED) is 0.881. The van der Waals surface area contributed by atoms with Gasteiger partial charge in [0.1, 0.15) is 6.33 Å². The predicted molar refractivity (Wildman–Crippen MR) is 86.7 cm³/mol. The van der Waals surface area contributed by atoms with Gasteiger partial charge in [-0.2, -0.15) is 5.10 Å². The summed E-state index contributed by atoms with van der Waals surface area (Å²) in [6.45, 7) is 4.01. The molecule has 1 aliphatic rings. The summed E-state index contributed by atoms with van der Waals surface area (Å²) in [5.74, 6) is 1.70. The Kier molecular flexibility index (Phi) is 4.77. The summed E-state index contributed by atoms with van der Waals surface area (Å²) >= 11 is 1.60. The predicted octanol–water partition coefficient (Wildman–Crippen LogP) is 2.97. The second kappa shape index (κ2) is 6.96. The number of aromatic nitrogens is 3. The molecule has 3 rings (SSSR count). The largest absolute Gasteiger partial charge is 0.339 e. The van der Waals surface area contributed by atoms with E-state index in [-0.39, 0.29) is 5.91 Å². The van der Waals surface area contributed by atoms with Crippen LogP contribution in [0.15, 0.2) is 35.7 Å². The molecule has 0 bridgehead atoms. The molecule has 1 N–H and O–H groups in total. The molecule has 2 heterocycles. The smallest absolute Gasteiger partial charge is 0.253 e. The number of hydrogen-bond donors (Lipinski definition) is 1. The van der Waals surface area contributed by atoms with Crippen LogP contribution in [-0.2, 0) is 5.75 Å². The summed E-state index contributed by atoms with van der Waals surface area (Å²) in [5, 5.41) is 7.45. The normalized spacial score (nSPS) is 16.0. The van der Waals surface area contributed by atoms with E-state index in [2.05, 4.69) is 22.1 Å². The average Bonchev–Trinajstić information content (AvgIpc) is 3.07. The third kappa shape index (κ3) is 3.68. The lowest BCUT2D eigenvalue weighted by Crippen LogP contribution is -2.37. The number of carbonyl (C=O) groups is 1. The lowest BCUT2D eigenvalue weighted by molar-refractivity contribution is 0.0697. The molecular formula is C16H20N4OS. The molecule has 5 nitrogen and oxygen atoms in total. The monoisotopic (exact) mass is 316 g/mol. The Balaban J connectivity index is 1.57. The lowest BCUT2D eigenvalue weighted by atomic mass is 9.98. The Morgan fingerprint density at radius 2 is 2.05 bits per heavy atom. The Labute approximate surface area is 134 Å². The number of H-pyrrole nitrogens is 1. The molecule has 0 spiro atoms. The fourth-order valence-corrected chi connectivity index (χ4v) is 3.29. The van der Waals surface area contributed by atoms with Gasteiger partial charge in [0.05, 0.1) is 0 Å². The number of likely N-dealkylation sites (tertiary alicyclic amines) is 1. The molecule has 0 atom stereocenters. The van der Waals surface area contributed by atoms with E-state index in [1.54, 1.807) is 11.8 Å². The zero-order valence-electron chi connectivity index (χ0n) is 12.7. The first-order valence-electron chi connectivity index (χ1n) is 7.59. The van der Waals surface area contributed by atoms with Crippen LogP contribution >= 0.6 is 11.8 Å². The van der Waals surface area contributed by atoms with Gasteiger partial charge in [0.15, 0.2) is 5.16 Å². The van der Waals surface area contributed by atoms with Crippen molar-refractivity contribution in [2.24, 2.45) is 5.92 Å². The standard InChI is InChI=1S/C16H20N4OS/c1-12-6-8-20(9-7-12)15(21)14-4-2-13(3-5-14)10-22-16-17-11-18-19-16/h2-5,11-12H,6-10H2,1H3,(H,17,18,19). The summed E-state index contributed by atoms with van der Waals surface area (Å²) in [6, 6.07) is 7.89. The minimum atomic E-state index is 0.154. The van der Waals surface area contributed by atoms with Crippen molar-refractivity contribution in [3.63, 3.8) is 0 Å². The number of nitrogens with zero attached hydrogens (tertiary/aromatic N) is 3. The number of amides is 1. The van der Waals surface area contributed by atoms with E-state index >= 15 is 0 Å². The minimum Gasteiger partial charge on any atom is -0.339 e. The number of carbonyl (C=O) groups excluding carboxylic acids is 1. The molecule has 22 heavy (non-hydrogen) atoms. The molecule has 1 aliphatic heterocycles. The highest BCUT2D eigenvalue weighted by Crippen LogP contribution is 2.21. The highest BCUT2D eigenvalue weighted by atomic mass is 32.2. The number of thioether (sulfide) groups is 1. The molecule has 0 saturated carbocycles. The second-order valence-electron chi connectivity index (χ2n) is 5.75. The van der Waals surface area contributed by atoms with Crippen LogP contribution in [0, 0.1) is 5.92 Å². The number of rotatable bonds is 4. The van der Waals surface area contributed by atoms with Crippen molar-refractivity contribution in [1.29, 1.82) is 0 Å². The van der Waals surface area contributed by atoms with E-state index in [0.717, 1.165) is 48.3 Å². The Hall–Kier alpha value is -1.82. The van der Waals surface area contributed by atoms with Crippen molar-refractivity contribution in [1.82, 2.24) is 20.1 Å².